The molecular weight excluding hydrogens is 295 g/mol. The van der Waals surface area contributed by atoms with E-state index < -0.39 is 0 Å². The summed E-state index contributed by atoms with van der Waals surface area (Å²) in [6, 6.07) is 5.33. The van der Waals surface area contributed by atoms with E-state index in [0.717, 1.165) is 19.5 Å². The molecule has 0 spiro atoms. The quantitative estimate of drug-likeness (QED) is 0.911. The van der Waals surface area contributed by atoms with E-state index in [9.17, 15) is 4.79 Å². The van der Waals surface area contributed by atoms with Crippen molar-refractivity contribution in [1.29, 1.82) is 0 Å². The van der Waals surface area contributed by atoms with Crippen molar-refractivity contribution in [3.8, 4) is 0 Å². The summed E-state index contributed by atoms with van der Waals surface area (Å²) in [7, 11) is 1.91. The molecule has 1 atom stereocenters. The van der Waals surface area contributed by atoms with Crippen LogP contribution < -0.4 is 5.32 Å². The molecule has 1 aromatic rings. The van der Waals surface area contributed by atoms with Gasteiger partial charge in [-0.05, 0) is 31.7 Å². The summed E-state index contributed by atoms with van der Waals surface area (Å²) in [5.74, 6) is -0.0461. The lowest BCUT2D eigenvalue weighted by Crippen LogP contribution is -2.33. The molecule has 6 heteroatoms. The summed E-state index contributed by atoms with van der Waals surface area (Å²) in [5.41, 5.74) is 0.482. The molecule has 18 heavy (non-hydrogen) atoms. The van der Waals surface area contributed by atoms with Gasteiger partial charge in [-0.3, -0.25) is 4.79 Å². The van der Waals surface area contributed by atoms with Crippen molar-refractivity contribution in [3.05, 3.63) is 33.8 Å². The number of benzene rings is 1. The van der Waals surface area contributed by atoms with Crippen LogP contribution in [0, 0.1) is 0 Å². The highest BCUT2D eigenvalue weighted by molar-refractivity contribution is 6.35. The van der Waals surface area contributed by atoms with Crippen molar-refractivity contribution < 1.29 is 4.79 Å². The zero-order chi connectivity index (χ0) is 12.4. The first kappa shape index (κ1) is 15.6. The summed E-state index contributed by atoms with van der Waals surface area (Å²) in [5, 5.41) is 4.15. The van der Waals surface area contributed by atoms with Crippen LogP contribution in [-0.2, 0) is 0 Å². The fourth-order valence-corrected chi connectivity index (χ4v) is 2.38. The van der Waals surface area contributed by atoms with Crippen molar-refractivity contribution in [3.63, 3.8) is 0 Å². The van der Waals surface area contributed by atoms with Crippen LogP contribution in [0.15, 0.2) is 18.2 Å². The number of hydrogen-bond donors (Lipinski definition) is 1. The monoisotopic (exact) mass is 308 g/mol. The standard InChI is InChI=1S/C12H14Cl2N2O.ClH/c1-15-9-4-5-16(7-9)12(17)10-6-8(13)2-3-11(10)14;/h2-3,6,9,15H,4-5,7H2,1H3;1H. The second kappa shape index (κ2) is 6.62. The average Bonchev–Trinajstić information content (AvgIpc) is 2.80. The molecule has 1 aliphatic heterocycles. The normalized spacial score (nSPS) is 18.6. The molecule has 1 aliphatic rings. The Hall–Kier alpha value is -0.480. The molecule has 1 unspecified atom stereocenters. The first-order valence-corrected chi connectivity index (χ1v) is 6.29. The SMILES string of the molecule is CNC1CCN(C(=O)c2cc(Cl)ccc2Cl)C1.Cl. The van der Waals surface area contributed by atoms with Crippen LogP contribution in [-0.4, -0.2) is 37.0 Å². The van der Waals surface area contributed by atoms with Crippen molar-refractivity contribution in [2.75, 3.05) is 20.1 Å². The van der Waals surface area contributed by atoms with Crippen LogP contribution in [0.1, 0.15) is 16.8 Å². The Bertz CT molecular complexity index is 439. The molecule has 1 saturated heterocycles. The number of likely N-dealkylation sites (N-methyl/N-ethyl adjacent to an activating group) is 1. The van der Waals surface area contributed by atoms with Gasteiger partial charge in [0.15, 0.2) is 0 Å². The minimum Gasteiger partial charge on any atom is -0.337 e. The topological polar surface area (TPSA) is 32.3 Å². The van der Waals surface area contributed by atoms with E-state index in [1.54, 1.807) is 23.1 Å². The fraction of sp³-hybridized carbons (Fsp3) is 0.417. The van der Waals surface area contributed by atoms with Crippen molar-refractivity contribution in [1.82, 2.24) is 10.2 Å². The van der Waals surface area contributed by atoms with Crippen LogP contribution in [0.2, 0.25) is 10.0 Å². The van der Waals surface area contributed by atoms with E-state index in [2.05, 4.69) is 5.32 Å². The number of rotatable bonds is 2. The van der Waals surface area contributed by atoms with Gasteiger partial charge in [0.25, 0.3) is 5.91 Å². The number of carbonyl (C=O) groups excluding carboxylic acids is 1. The Balaban J connectivity index is 0.00000162. The Morgan fingerprint density at radius 2 is 2.17 bits per heavy atom. The zero-order valence-electron chi connectivity index (χ0n) is 9.95. The first-order valence-electron chi connectivity index (χ1n) is 5.53. The number of nitrogens with zero attached hydrogens (tertiary/aromatic N) is 1. The first-order chi connectivity index (χ1) is 8.11. The van der Waals surface area contributed by atoms with Crippen LogP contribution >= 0.6 is 35.6 Å². The molecular formula is C12H15Cl3N2O. The maximum Gasteiger partial charge on any atom is 0.255 e. The summed E-state index contributed by atoms with van der Waals surface area (Å²) in [6.45, 7) is 1.48. The molecule has 0 saturated carbocycles. The second-order valence-electron chi connectivity index (χ2n) is 4.15. The van der Waals surface area contributed by atoms with Crippen molar-refractivity contribution in [2.45, 2.75) is 12.5 Å². The molecule has 0 aromatic heterocycles. The van der Waals surface area contributed by atoms with Crippen LogP contribution in [0.3, 0.4) is 0 Å². The van der Waals surface area contributed by atoms with Gasteiger partial charge in [0.1, 0.15) is 0 Å². The largest absolute Gasteiger partial charge is 0.337 e. The van der Waals surface area contributed by atoms with Gasteiger partial charge < -0.3 is 10.2 Å². The van der Waals surface area contributed by atoms with E-state index in [1.807, 2.05) is 7.05 Å². The van der Waals surface area contributed by atoms with E-state index in [0.29, 0.717) is 21.7 Å². The van der Waals surface area contributed by atoms with Gasteiger partial charge in [0.05, 0.1) is 10.6 Å². The second-order valence-corrected chi connectivity index (χ2v) is 4.99. The van der Waals surface area contributed by atoms with Gasteiger partial charge in [0.2, 0.25) is 0 Å². The number of nitrogens with one attached hydrogen (secondary N) is 1. The summed E-state index contributed by atoms with van der Waals surface area (Å²) in [6.07, 6.45) is 0.973. The Labute approximate surface area is 123 Å². The van der Waals surface area contributed by atoms with E-state index in [-0.39, 0.29) is 18.3 Å². The maximum absolute atomic E-state index is 12.2. The number of hydrogen-bond acceptors (Lipinski definition) is 2. The fourth-order valence-electron chi connectivity index (χ4n) is 2.01. The van der Waals surface area contributed by atoms with E-state index in [4.69, 9.17) is 23.2 Å². The van der Waals surface area contributed by atoms with Gasteiger partial charge in [-0.15, -0.1) is 12.4 Å². The maximum atomic E-state index is 12.2. The average molecular weight is 310 g/mol. The molecule has 1 aromatic carbocycles. The van der Waals surface area contributed by atoms with Crippen molar-refractivity contribution in [2.24, 2.45) is 0 Å². The van der Waals surface area contributed by atoms with E-state index >= 15 is 0 Å². The molecule has 2 rings (SSSR count). The number of halogens is 3. The lowest BCUT2D eigenvalue weighted by atomic mass is 10.2. The molecule has 1 heterocycles. The Morgan fingerprint density at radius 1 is 1.44 bits per heavy atom. The predicted molar refractivity (Wildman–Crippen MR) is 77.1 cm³/mol. The van der Waals surface area contributed by atoms with Gasteiger partial charge in [-0.1, -0.05) is 23.2 Å². The highest BCUT2D eigenvalue weighted by Crippen LogP contribution is 2.23. The number of amides is 1. The predicted octanol–water partition coefficient (Wildman–Crippen LogP) is 2.85. The van der Waals surface area contributed by atoms with Gasteiger partial charge in [0, 0.05) is 24.2 Å². The molecule has 100 valence electrons. The third kappa shape index (κ3) is 3.29. The molecule has 1 amide bonds. The lowest BCUT2D eigenvalue weighted by molar-refractivity contribution is 0.0790. The zero-order valence-corrected chi connectivity index (χ0v) is 12.3. The molecule has 0 bridgehead atoms. The van der Waals surface area contributed by atoms with Crippen LogP contribution in [0.25, 0.3) is 0 Å². The molecule has 3 nitrogen and oxygen atoms in total. The molecule has 1 fully saturated rings. The van der Waals surface area contributed by atoms with E-state index in [1.165, 1.54) is 0 Å². The smallest absolute Gasteiger partial charge is 0.255 e. The number of carbonyl (C=O) groups is 1. The highest BCUT2D eigenvalue weighted by Gasteiger charge is 2.26. The minimum atomic E-state index is -0.0461. The molecule has 1 N–H and O–H groups in total. The van der Waals surface area contributed by atoms with Crippen molar-refractivity contribution >= 4 is 41.5 Å². The highest BCUT2D eigenvalue weighted by atomic mass is 35.5. The van der Waals surface area contributed by atoms with Crippen LogP contribution in [0.4, 0.5) is 0 Å². The van der Waals surface area contributed by atoms with Gasteiger partial charge in [-0.2, -0.15) is 0 Å². The minimum absolute atomic E-state index is 0. The third-order valence-corrected chi connectivity index (χ3v) is 3.61. The summed E-state index contributed by atoms with van der Waals surface area (Å²) < 4.78 is 0. The number of likely N-dealkylation sites (tertiary alicyclic amines) is 1. The van der Waals surface area contributed by atoms with Gasteiger partial charge in [-0.25, -0.2) is 0 Å². The third-order valence-electron chi connectivity index (χ3n) is 3.04. The van der Waals surface area contributed by atoms with Crippen LogP contribution in [0.5, 0.6) is 0 Å². The summed E-state index contributed by atoms with van der Waals surface area (Å²) >= 11 is 11.9. The van der Waals surface area contributed by atoms with Gasteiger partial charge >= 0.3 is 0 Å². The Kier molecular flexibility index (Phi) is 5.73. The molecule has 0 aliphatic carbocycles. The Morgan fingerprint density at radius 3 is 2.78 bits per heavy atom. The lowest BCUT2D eigenvalue weighted by Gasteiger charge is -2.17. The molecule has 0 radical (unpaired) electrons. The summed E-state index contributed by atoms with van der Waals surface area (Å²) in [4.78, 5) is 14.0.